The van der Waals surface area contributed by atoms with Crippen molar-refractivity contribution in [3.8, 4) is 0 Å². The van der Waals surface area contributed by atoms with Crippen LogP contribution in [0.3, 0.4) is 0 Å². The van der Waals surface area contributed by atoms with Crippen LogP contribution in [0.4, 0.5) is 5.69 Å². The standard InChI is InChI=1S/C16H27N3O/c1-13(2)14-8-5-6-9-15(14)18-12-16(20)17-10-7-11-19(3)4/h5-6,8-9,13,18H,7,10-12H2,1-4H3,(H,17,20). The smallest absolute Gasteiger partial charge is 0.239 e. The van der Waals surface area contributed by atoms with Gasteiger partial charge in [-0.1, -0.05) is 32.0 Å². The molecule has 20 heavy (non-hydrogen) atoms. The van der Waals surface area contributed by atoms with Gasteiger partial charge in [-0.15, -0.1) is 0 Å². The van der Waals surface area contributed by atoms with E-state index in [0.29, 0.717) is 12.5 Å². The van der Waals surface area contributed by atoms with Crippen molar-refractivity contribution in [2.24, 2.45) is 0 Å². The van der Waals surface area contributed by atoms with Gasteiger partial charge in [0, 0.05) is 12.2 Å². The third-order valence-electron chi connectivity index (χ3n) is 3.13. The second kappa shape index (κ2) is 8.59. The van der Waals surface area contributed by atoms with Crippen molar-refractivity contribution in [2.45, 2.75) is 26.2 Å². The van der Waals surface area contributed by atoms with E-state index in [1.807, 2.05) is 32.3 Å². The Morgan fingerprint density at radius 2 is 1.95 bits per heavy atom. The molecule has 4 heteroatoms. The predicted molar refractivity (Wildman–Crippen MR) is 85.2 cm³/mol. The zero-order valence-corrected chi connectivity index (χ0v) is 13.1. The van der Waals surface area contributed by atoms with Crippen LogP contribution in [0, 0.1) is 0 Å². The number of benzene rings is 1. The van der Waals surface area contributed by atoms with Crippen molar-refractivity contribution in [3.63, 3.8) is 0 Å². The summed E-state index contributed by atoms with van der Waals surface area (Å²) >= 11 is 0. The van der Waals surface area contributed by atoms with Crippen LogP contribution in [-0.4, -0.2) is 44.5 Å². The number of amides is 1. The summed E-state index contributed by atoms with van der Waals surface area (Å²) in [6.07, 6.45) is 0.974. The first-order valence-electron chi connectivity index (χ1n) is 7.25. The Morgan fingerprint density at radius 3 is 2.60 bits per heavy atom. The molecule has 0 radical (unpaired) electrons. The van der Waals surface area contributed by atoms with Crippen molar-refractivity contribution in [1.29, 1.82) is 0 Å². The van der Waals surface area contributed by atoms with Gasteiger partial charge >= 0.3 is 0 Å². The highest BCUT2D eigenvalue weighted by Crippen LogP contribution is 2.23. The molecule has 2 N–H and O–H groups in total. The molecule has 0 aliphatic heterocycles. The molecule has 112 valence electrons. The number of nitrogens with zero attached hydrogens (tertiary/aromatic N) is 1. The average molecular weight is 277 g/mol. The van der Waals surface area contributed by atoms with E-state index < -0.39 is 0 Å². The molecule has 4 nitrogen and oxygen atoms in total. The van der Waals surface area contributed by atoms with Crippen molar-refractivity contribution in [1.82, 2.24) is 10.2 Å². The lowest BCUT2D eigenvalue weighted by Crippen LogP contribution is -2.32. The summed E-state index contributed by atoms with van der Waals surface area (Å²) in [6.45, 7) is 6.35. The SMILES string of the molecule is CC(C)c1ccccc1NCC(=O)NCCCN(C)C. The summed E-state index contributed by atoms with van der Waals surface area (Å²) in [5.41, 5.74) is 2.29. The molecule has 0 aromatic heterocycles. The molecule has 1 amide bonds. The summed E-state index contributed by atoms with van der Waals surface area (Å²) in [7, 11) is 4.07. The lowest BCUT2D eigenvalue weighted by atomic mass is 10.0. The molecule has 1 aromatic carbocycles. The largest absolute Gasteiger partial charge is 0.376 e. The Bertz CT molecular complexity index is 416. The number of hydrogen-bond donors (Lipinski definition) is 2. The highest BCUT2D eigenvalue weighted by molar-refractivity contribution is 5.80. The fraction of sp³-hybridized carbons (Fsp3) is 0.562. The molecule has 0 heterocycles. The van der Waals surface area contributed by atoms with Gasteiger partial charge < -0.3 is 15.5 Å². The first-order chi connectivity index (χ1) is 9.50. The monoisotopic (exact) mass is 277 g/mol. The first kappa shape index (κ1) is 16.5. The summed E-state index contributed by atoms with van der Waals surface area (Å²) in [4.78, 5) is 13.9. The van der Waals surface area contributed by atoms with Gasteiger partial charge in [-0.25, -0.2) is 0 Å². The second-order valence-electron chi connectivity index (χ2n) is 5.60. The fourth-order valence-electron chi connectivity index (χ4n) is 2.02. The molecule has 1 aromatic rings. The van der Waals surface area contributed by atoms with E-state index in [1.165, 1.54) is 5.56 Å². The van der Waals surface area contributed by atoms with Gasteiger partial charge in [0.2, 0.25) is 5.91 Å². The van der Waals surface area contributed by atoms with Crippen LogP contribution < -0.4 is 10.6 Å². The van der Waals surface area contributed by atoms with Gasteiger partial charge in [-0.3, -0.25) is 4.79 Å². The predicted octanol–water partition coefficient (Wildman–Crippen LogP) is 2.29. The molecule has 0 fully saturated rings. The molecule has 0 aliphatic rings. The van der Waals surface area contributed by atoms with Gasteiger partial charge in [0.1, 0.15) is 0 Å². The van der Waals surface area contributed by atoms with E-state index in [-0.39, 0.29) is 5.91 Å². The quantitative estimate of drug-likeness (QED) is 0.717. The van der Waals surface area contributed by atoms with Crippen molar-refractivity contribution in [2.75, 3.05) is 39.0 Å². The third kappa shape index (κ3) is 6.06. The number of anilines is 1. The van der Waals surface area contributed by atoms with E-state index in [9.17, 15) is 4.79 Å². The Hall–Kier alpha value is -1.55. The van der Waals surface area contributed by atoms with Crippen LogP contribution in [0.15, 0.2) is 24.3 Å². The van der Waals surface area contributed by atoms with Crippen LogP contribution in [0.25, 0.3) is 0 Å². The van der Waals surface area contributed by atoms with Crippen LogP contribution in [0.5, 0.6) is 0 Å². The lowest BCUT2D eigenvalue weighted by molar-refractivity contribution is -0.119. The highest BCUT2D eigenvalue weighted by Gasteiger charge is 2.07. The van der Waals surface area contributed by atoms with E-state index in [1.54, 1.807) is 0 Å². The summed E-state index contributed by atoms with van der Waals surface area (Å²) in [5, 5.41) is 6.15. The summed E-state index contributed by atoms with van der Waals surface area (Å²) in [5.74, 6) is 0.490. The molecule has 0 atom stereocenters. The van der Waals surface area contributed by atoms with E-state index in [0.717, 1.165) is 25.2 Å². The molecule has 0 aliphatic carbocycles. The number of nitrogens with one attached hydrogen (secondary N) is 2. The van der Waals surface area contributed by atoms with Gasteiger partial charge in [0.15, 0.2) is 0 Å². The molecular weight excluding hydrogens is 250 g/mol. The van der Waals surface area contributed by atoms with Crippen LogP contribution in [-0.2, 0) is 4.79 Å². The first-order valence-corrected chi connectivity index (χ1v) is 7.25. The molecule has 0 bridgehead atoms. The maximum Gasteiger partial charge on any atom is 0.239 e. The topological polar surface area (TPSA) is 44.4 Å². The minimum atomic E-state index is 0.0438. The molecule has 0 saturated carbocycles. The number of hydrogen-bond acceptors (Lipinski definition) is 3. The fourth-order valence-corrected chi connectivity index (χ4v) is 2.02. The molecule has 0 spiro atoms. The minimum Gasteiger partial charge on any atom is -0.376 e. The summed E-state index contributed by atoms with van der Waals surface area (Å²) in [6, 6.07) is 8.14. The Balaban J connectivity index is 2.34. The number of carbonyl (C=O) groups is 1. The highest BCUT2D eigenvalue weighted by atomic mass is 16.1. The molecule has 0 saturated heterocycles. The van der Waals surface area contributed by atoms with Crippen molar-refractivity contribution < 1.29 is 4.79 Å². The van der Waals surface area contributed by atoms with Gasteiger partial charge in [0.05, 0.1) is 6.54 Å². The number of para-hydroxylation sites is 1. The molecule has 1 rings (SSSR count). The maximum absolute atomic E-state index is 11.8. The lowest BCUT2D eigenvalue weighted by Gasteiger charge is -2.14. The normalized spacial score (nSPS) is 10.9. The van der Waals surface area contributed by atoms with Crippen molar-refractivity contribution >= 4 is 11.6 Å². The third-order valence-corrected chi connectivity index (χ3v) is 3.13. The number of carbonyl (C=O) groups excluding carboxylic acids is 1. The van der Waals surface area contributed by atoms with Gasteiger partial charge in [0.25, 0.3) is 0 Å². The zero-order valence-electron chi connectivity index (χ0n) is 13.1. The summed E-state index contributed by atoms with van der Waals surface area (Å²) < 4.78 is 0. The van der Waals surface area contributed by atoms with Crippen LogP contribution >= 0.6 is 0 Å². The van der Waals surface area contributed by atoms with Crippen LogP contribution in [0.1, 0.15) is 31.7 Å². The van der Waals surface area contributed by atoms with Gasteiger partial charge in [-0.2, -0.15) is 0 Å². The van der Waals surface area contributed by atoms with Crippen LogP contribution in [0.2, 0.25) is 0 Å². The van der Waals surface area contributed by atoms with Gasteiger partial charge in [-0.05, 0) is 44.6 Å². The molecular formula is C16H27N3O. The Labute approximate surface area is 122 Å². The van der Waals surface area contributed by atoms with E-state index in [2.05, 4.69) is 35.4 Å². The minimum absolute atomic E-state index is 0.0438. The molecule has 0 unspecified atom stereocenters. The van der Waals surface area contributed by atoms with Crippen molar-refractivity contribution in [3.05, 3.63) is 29.8 Å². The number of rotatable bonds is 8. The van der Waals surface area contributed by atoms with E-state index >= 15 is 0 Å². The average Bonchev–Trinajstić information content (AvgIpc) is 2.41. The van der Waals surface area contributed by atoms with E-state index in [4.69, 9.17) is 0 Å². The Kier molecular flexibility index (Phi) is 7.09. The second-order valence-corrected chi connectivity index (χ2v) is 5.60. The Morgan fingerprint density at radius 1 is 1.25 bits per heavy atom. The zero-order chi connectivity index (χ0) is 15.0. The maximum atomic E-state index is 11.8.